The molecular weight excluding hydrogens is 276 g/mol. The molecule has 0 aliphatic carbocycles. The van der Waals surface area contributed by atoms with E-state index in [9.17, 15) is 14.9 Å². The molecule has 21 heavy (non-hydrogen) atoms. The summed E-state index contributed by atoms with van der Waals surface area (Å²) in [5.41, 5.74) is 0.812. The van der Waals surface area contributed by atoms with Crippen LogP contribution in [0, 0.1) is 16.0 Å². The van der Waals surface area contributed by atoms with E-state index < -0.39 is 4.92 Å². The summed E-state index contributed by atoms with van der Waals surface area (Å²) in [6.07, 6.45) is 1.40. The Kier molecular flexibility index (Phi) is 4.62. The Morgan fingerprint density at radius 1 is 1.33 bits per heavy atom. The second-order valence-corrected chi connectivity index (χ2v) is 4.90. The Morgan fingerprint density at radius 3 is 2.52 bits per heavy atom. The average molecular weight is 294 g/mol. The van der Waals surface area contributed by atoms with Gasteiger partial charge in [-0.1, -0.05) is 0 Å². The number of nitro benzene ring substituents is 1. The second kappa shape index (κ2) is 6.43. The summed E-state index contributed by atoms with van der Waals surface area (Å²) in [7, 11) is 2.89. The molecule has 0 amide bonds. The van der Waals surface area contributed by atoms with Gasteiger partial charge < -0.3 is 14.4 Å². The van der Waals surface area contributed by atoms with E-state index in [-0.39, 0.29) is 17.6 Å². The van der Waals surface area contributed by atoms with Crippen molar-refractivity contribution in [1.82, 2.24) is 0 Å². The van der Waals surface area contributed by atoms with Gasteiger partial charge in [0.25, 0.3) is 5.69 Å². The van der Waals surface area contributed by atoms with E-state index >= 15 is 0 Å². The number of anilines is 1. The fraction of sp³-hybridized carbons (Fsp3) is 0.500. The molecule has 0 bridgehead atoms. The minimum atomic E-state index is -0.449. The van der Waals surface area contributed by atoms with Crippen molar-refractivity contribution in [1.29, 1.82) is 0 Å². The molecule has 2 rings (SSSR count). The molecule has 1 aromatic carbocycles. The maximum Gasteiger partial charge on any atom is 0.308 e. The van der Waals surface area contributed by atoms with Crippen molar-refractivity contribution in [2.75, 3.05) is 32.2 Å². The third-order valence-corrected chi connectivity index (χ3v) is 3.74. The number of hydrogen-bond donors (Lipinski definition) is 0. The van der Waals surface area contributed by atoms with Crippen LogP contribution in [-0.2, 0) is 9.53 Å². The third kappa shape index (κ3) is 3.24. The zero-order valence-electron chi connectivity index (χ0n) is 12.1. The molecule has 1 aromatic rings. The first-order chi connectivity index (χ1) is 10.1. The van der Waals surface area contributed by atoms with Crippen molar-refractivity contribution in [3.05, 3.63) is 28.3 Å². The molecule has 0 N–H and O–H groups in total. The Labute approximate surface area is 122 Å². The van der Waals surface area contributed by atoms with Crippen molar-refractivity contribution < 1.29 is 19.2 Å². The average Bonchev–Trinajstić information content (AvgIpc) is 2.53. The monoisotopic (exact) mass is 294 g/mol. The molecule has 7 nitrogen and oxygen atoms in total. The lowest BCUT2D eigenvalue weighted by atomic mass is 9.96. The molecule has 1 heterocycles. The first-order valence-corrected chi connectivity index (χ1v) is 6.72. The van der Waals surface area contributed by atoms with E-state index in [4.69, 9.17) is 9.47 Å². The zero-order chi connectivity index (χ0) is 15.4. The van der Waals surface area contributed by atoms with Crippen LogP contribution in [0.4, 0.5) is 11.4 Å². The van der Waals surface area contributed by atoms with E-state index in [1.807, 2.05) is 0 Å². The molecule has 1 aliphatic heterocycles. The van der Waals surface area contributed by atoms with Crippen LogP contribution in [0.1, 0.15) is 12.8 Å². The smallest absolute Gasteiger partial charge is 0.308 e. The molecule has 0 spiro atoms. The highest BCUT2D eigenvalue weighted by Gasteiger charge is 2.27. The number of hydrogen-bond acceptors (Lipinski definition) is 6. The van der Waals surface area contributed by atoms with Gasteiger partial charge in [-0.3, -0.25) is 14.9 Å². The highest BCUT2D eigenvalue weighted by Crippen LogP contribution is 2.34. The Morgan fingerprint density at radius 2 is 2.00 bits per heavy atom. The predicted octanol–water partition coefficient (Wildman–Crippen LogP) is 1.99. The van der Waals surface area contributed by atoms with Crippen molar-refractivity contribution >= 4 is 17.3 Å². The number of non-ortho nitro benzene ring substituents is 1. The molecule has 0 radical (unpaired) electrons. The molecule has 114 valence electrons. The first-order valence-electron chi connectivity index (χ1n) is 6.72. The zero-order valence-corrected chi connectivity index (χ0v) is 12.1. The number of nitrogens with zero attached hydrogens (tertiary/aromatic N) is 2. The number of piperidine rings is 1. The fourth-order valence-electron chi connectivity index (χ4n) is 2.56. The number of ether oxygens (including phenoxy) is 2. The topological polar surface area (TPSA) is 81.9 Å². The molecule has 1 fully saturated rings. The summed E-state index contributed by atoms with van der Waals surface area (Å²) in [4.78, 5) is 23.9. The summed E-state index contributed by atoms with van der Waals surface area (Å²) in [6.45, 7) is 1.38. The van der Waals surface area contributed by atoms with Gasteiger partial charge in [-0.15, -0.1) is 0 Å². The molecule has 0 unspecified atom stereocenters. The van der Waals surface area contributed by atoms with Gasteiger partial charge in [-0.2, -0.15) is 0 Å². The third-order valence-electron chi connectivity index (χ3n) is 3.74. The number of carbonyl (C=O) groups is 1. The number of benzene rings is 1. The highest BCUT2D eigenvalue weighted by molar-refractivity contribution is 5.73. The SMILES string of the molecule is COC(=O)C1CCN(c2ccc([N+](=O)[O-])cc2OC)CC1. The highest BCUT2D eigenvalue weighted by atomic mass is 16.6. The number of rotatable bonds is 4. The van der Waals surface area contributed by atoms with Crippen LogP contribution in [0.5, 0.6) is 5.75 Å². The number of nitro groups is 1. The lowest BCUT2D eigenvalue weighted by molar-refractivity contribution is -0.384. The van der Waals surface area contributed by atoms with Gasteiger partial charge >= 0.3 is 5.97 Å². The van der Waals surface area contributed by atoms with Crippen LogP contribution in [0.25, 0.3) is 0 Å². The van der Waals surface area contributed by atoms with E-state index in [0.717, 1.165) is 5.69 Å². The van der Waals surface area contributed by atoms with Gasteiger partial charge in [-0.05, 0) is 18.9 Å². The van der Waals surface area contributed by atoms with Gasteiger partial charge in [0, 0.05) is 19.2 Å². The summed E-state index contributed by atoms with van der Waals surface area (Å²) in [6, 6.07) is 4.57. The lowest BCUT2D eigenvalue weighted by Gasteiger charge is -2.33. The van der Waals surface area contributed by atoms with E-state index in [2.05, 4.69) is 4.90 Å². The largest absolute Gasteiger partial charge is 0.494 e. The number of carbonyl (C=O) groups excluding carboxylic acids is 1. The van der Waals surface area contributed by atoms with Crippen molar-refractivity contribution in [3.8, 4) is 5.75 Å². The fourth-order valence-corrected chi connectivity index (χ4v) is 2.56. The summed E-state index contributed by atoms with van der Waals surface area (Å²) >= 11 is 0. The first kappa shape index (κ1) is 15.1. The summed E-state index contributed by atoms with van der Waals surface area (Å²) in [5, 5.41) is 10.8. The van der Waals surface area contributed by atoms with Gasteiger partial charge in [0.15, 0.2) is 0 Å². The normalized spacial score (nSPS) is 15.6. The minimum Gasteiger partial charge on any atom is -0.494 e. The van der Waals surface area contributed by atoms with Crippen molar-refractivity contribution in [2.24, 2.45) is 5.92 Å². The van der Waals surface area contributed by atoms with E-state index in [1.165, 1.54) is 26.4 Å². The molecule has 1 aliphatic rings. The maximum atomic E-state index is 11.5. The molecule has 7 heteroatoms. The van der Waals surface area contributed by atoms with Crippen LogP contribution < -0.4 is 9.64 Å². The van der Waals surface area contributed by atoms with Gasteiger partial charge in [-0.25, -0.2) is 0 Å². The van der Waals surface area contributed by atoms with Crippen LogP contribution in [-0.4, -0.2) is 38.2 Å². The van der Waals surface area contributed by atoms with E-state index in [1.54, 1.807) is 6.07 Å². The second-order valence-electron chi connectivity index (χ2n) is 4.90. The number of methoxy groups -OCH3 is 2. The Balaban J connectivity index is 2.13. The van der Waals surface area contributed by atoms with Gasteiger partial charge in [0.05, 0.1) is 36.8 Å². The van der Waals surface area contributed by atoms with Crippen molar-refractivity contribution in [3.63, 3.8) is 0 Å². The number of esters is 1. The van der Waals surface area contributed by atoms with Crippen LogP contribution in [0.3, 0.4) is 0 Å². The molecule has 1 saturated heterocycles. The lowest BCUT2D eigenvalue weighted by Crippen LogP contribution is -2.36. The predicted molar refractivity (Wildman–Crippen MR) is 76.6 cm³/mol. The summed E-state index contributed by atoms with van der Waals surface area (Å²) < 4.78 is 10.0. The molecule has 0 saturated carbocycles. The van der Waals surface area contributed by atoms with Gasteiger partial charge in [0.1, 0.15) is 5.75 Å². The van der Waals surface area contributed by atoms with Crippen LogP contribution >= 0.6 is 0 Å². The minimum absolute atomic E-state index is 0.0000433. The van der Waals surface area contributed by atoms with Crippen molar-refractivity contribution in [2.45, 2.75) is 12.8 Å². The Bertz CT molecular complexity index is 538. The van der Waals surface area contributed by atoms with Gasteiger partial charge in [0.2, 0.25) is 0 Å². The van der Waals surface area contributed by atoms with Crippen LogP contribution in [0.15, 0.2) is 18.2 Å². The molecule has 0 atom stereocenters. The molecule has 0 aromatic heterocycles. The van der Waals surface area contributed by atoms with E-state index in [0.29, 0.717) is 31.7 Å². The summed E-state index contributed by atoms with van der Waals surface area (Å²) in [5.74, 6) is 0.223. The standard InChI is InChI=1S/C14H18N2O5/c1-20-13-9-11(16(18)19)3-4-12(13)15-7-5-10(6-8-15)14(17)21-2/h3-4,9-10H,5-8H2,1-2H3. The van der Waals surface area contributed by atoms with Crippen LogP contribution in [0.2, 0.25) is 0 Å². The maximum absolute atomic E-state index is 11.5. The molecular formula is C14H18N2O5. The Hall–Kier alpha value is -2.31. The quantitative estimate of drug-likeness (QED) is 0.480.